The first-order valence-electron chi connectivity index (χ1n) is 5.83. The normalized spacial score (nSPS) is 10.7. The zero-order valence-electron chi connectivity index (χ0n) is 10.8. The summed E-state index contributed by atoms with van der Waals surface area (Å²) in [5.74, 6) is 1.95. The monoisotopic (exact) mass is 289 g/mol. The number of hydrogen-bond acceptors (Lipinski definition) is 6. The molecule has 20 heavy (non-hydrogen) atoms. The molecule has 1 amide bonds. The number of rotatable bonds is 4. The fourth-order valence-electron chi connectivity index (χ4n) is 1.91. The van der Waals surface area contributed by atoms with Gasteiger partial charge in [0.2, 0.25) is 12.3 Å². The van der Waals surface area contributed by atoms with Crippen LogP contribution >= 0.6 is 11.3 Å². The second-order valence-corrected chi connectivity index (χ2v) is 5.05. The highest BCUT2D eigenvalue weighted by Gasteiger charge is 2.17. The van der Waals surface area contributed by atoms with Crippen LogP contribution in [0.5, 0.6) is 5.88 Å². The molecule has 0 aliphatic rings. The molecule has 0 aliphatic heterocycles. The maximum Gasteiger partial charge on any atom is 0.241 e. The Morgan fingerprint density at radius 2 is 2.30 bits per heavy atom. The molecule has 0 saturated carbocycles. The lowest BCUT2D eigenvalue weighted by atomic mass is 10.2. The van der Waals surface area contributed by atoms with E-state index in [1.807, 2.05) is 19.1 Å². The van der Waals surface area contributed by atoms with Gasteiger partial charge in [0.05, 0.1) is 17.4 Å². The number of carbonyl (C=O) groups is 1. The van der Waals surface area contributed by atoms with Crippen LogP contribution in [0.4, 0.5) is 5.13 Å². The minimum absolute atomic E-state index is 0.419. The van der Waals surface area contributed by atoms with Crippen molar-refractivity contribution in [2.45, 2.75) is 6.92 Å². The largest absolute Gasteiger partial charge is 0.479 e. The summed E-state index contributed by atoms with van der Waals surface area (Å²) >= 11 is 1.35. The maximum absolute atomic E-state index is 10.6. The van der Waals surface area contributed by atoms with Gasteiger partial charge in [0.1, 0.15) is 17.0 Å². The molecule has 3 heterocycles. The third kappa shape index (κ3) is 2.01. The van der Waals surface area contributed by atoms with E-state index in [2.05, 4.69) is 15.3 Å². The molecule has 0 bridgehead atoms. The molecule has 0 atom stereocenters. The van der Waals surface area contributed by atoms with E-state index in [9.17, 15) is 4.79 Å². The SMILES string of the molecule is COc1ncc(-c2ccc(C)o2)c2sc(NC=O)nc12. The molecule has 0 aliphatic carbocycles. The molecule has 102 valence electrons. The average Bonchev–Trinajstić information content (AvgIpc) is 3.04. The Morgan fingerprint density at radius 3 is 2.95 bits per heavy atom. The number of nitrogens with zero attached hydrogens (tertiary/aromatic N) is 2. The summed E-state index contributed by atoms with van der Waals surface area (Å²) in [7, 11) is 1.53. The van der Waals surface area contributed by atoms with Gasteiger partial charge < -0.3 is 14.5 Å². The van der Waals surface area contributed by atoms with Crippen LogP contribution in [0.1, 0.15) is 5.76 Å². The molecule has 6 nitrogen and oxygen atoms in total. The fraction of sp³-hybridized carbons (Fsp3) is 0.154. The average molecular weight is 289 g/mol. The zero-order chi connectivity index (χ0) is 14.1. The summed E-state index contributed by atoms with van der Waals surface area (Å²) < 4.78 is 11.7. The van der Waals surface area contributed by atoms with Gasteiger partial charge in [-0.05, 0) is 19.1 Å². The van der Waals surface area contributed by atoms with Crippen LogP contribution in [0, 0.1) is 6.92 Å². The molecule has 0 spiro atoms. The van der Waals surface area contributed by atoms with Crippen LogP contribution < -0.4 is 10.1 Å². The van der Waals surface area contributed by atoms with Crippen molar-refractivity contribution in [3.8, 4) is 17.2 Å². The molecular weight excluding hydrogens is 278 g/mol. The number of fused-ring (bicyclic) bond motifs is 1. The van der Waals surface area contributed by atoms with Gasteiger partial charge >= 0.3 is 0 Å². The molecule has 0 fully saturated rings. The van der Waals surface area contributed by atoms with Crippen molar-refractivity contribution in [2.24, 2.45) is 0 Å². The Hall–Kier alpha value is -2.41. The highest BCUT2D eigenvalue weighted by Crippen LogP contribution is 2.38. The van der Waals surface area contributed by atoms with Gasteiger partial charge in [-0.1, -0.05) is 11.3 Å². The highest BCUT2D eigenvalue weighted by atomic mass is 32.1. The summed E-state index contributed by atoms with van der Waals surface area (Å²) in [6.45, 7) is 1.88. The molecule has 0 saturated heterocycles. The van der Waals surface area contributed by atoms with Crippen LogP contribution in [-0.4, -0.2) is 23.5 Å². The second kappa shape index (κ2) is 4.93. The van der Waals surface area contributed by atoms with Gasteiger partial charge in [0, 0.05) is 6.20 Å². The van der Waals surface area contributed by atoms with Gasteiger partial charge in [-0.3, -0.25) is 4.79 Å². The van der Waals surface area contributed by atoms with Crippen molar-refractivity contribution in [3.63, 3.8) is 0 Å². The zero-order valence-corrected chi connectivity index (χ0v) is 11.7. The number of carbonyl (C=O) groups excluding carboxylic acids is 1. The van der Waals surface area contributed by atoms with Gasteiger partial charge in [-0.15, -0.1) is 0 Å². The van der Waals surface area contributed by atoms with E-state index in [-0.39, 0.29) is 0 Å². The van der Waals surface area contributed by atoms with E-state index in [0.29, 0.717) is 28.7 Å². The molecule has 3 aromatic rings. The number of pyridine rings is 1. The van der Waals surface area contributed by atoms with Gasteiger partial charge in [0.25, 0.3) is 0 Å². The molecule has 0 unspecified atom stereocenters. The van der Waals surface area contributed by atoms with Gasteiger partial charge in [-0.25, -0.2) is 9.97 Å². The number of aryl methyl sites for hydroxylation is 1. The lowest BCUT2D eigenvalue weighted by Crippen LogP contribution is -1.92. The van der Waals surface area contributed by atoms with Crippen molar-refractivity contribution < 1.29 is 13.9 Å². The van der Waals surface area contributed by atoms with Crippen molar-refractivity contribution in [3.05, 3.63) is 24.1 Å². The number of aromatic nitrogens is 2. The molecule has 1 N–H and O–H groups in total. The Bertz CT molecular complexity index is 778. The standard InChI is InChI=1S/C13H11N3O3S/c1-7-3-4-9(19-7)8-5-14-12(18-2)10-11(8)20-13(16-10)15-6-17/h3-6H,1-2H3,(H,15,16,17). The van der Waals surface area contributed by atoms with E-state index in [1.165, 1.54) is 18.4 Å². The molecule has 3 rings (SSSR count). The Balaban J connectivity index is 2.24. The van der Waals surface area contributed by atoms with E-state index in [1.54, 1.807) is 6.20 Å². The smallest absolute Gasteiger partial charge is 0.241 e. The second-order valence-electron chi connectivity index (χ2n) is 4.05. The quantitative estimate of drug-likeness (QED) is 0.747. The Kier molecular flexibility index (Phi) is 3.11. The summed E-state index contributed by atoms with van der Waals surface area (Å²) in [6, 6.07) is 3.77. The minimum Gasteiger partial charge on any atom is -0.479 e. The lowest BCUT2D eigenvalue weighted by molar-refractivity contribution is -0.105. The molecule has 3 aromatic heterocycles. The van der Waals surface area contributed by atoms with Gasteiger partial charge in [0.15, 0.2) is 5.13 Å². The number of anilines is 1. The van der Waals surface area contributed by atoms with E-state index in [4.69, 9.17) is 9.15 Å². The molecular formula is C13H11N3O3S. The third-order valence-electron chi connectivity index (χ3n) is 2.77. The first kappa shape index (κ1) is 12.6. The summed E-state index contributed by atoms with van der Waals surface area (Å²) in [6.07, 6.45) is 2.27. The highest BCUT2D eigenvalue weighted by molar-refractivity contribution is 7.22. The van der Waals surface area contributed by atoms with Crippen LogP contribution in [0.15, 0.2) is 22.7 Å². The first-order valence-corrected chi connectivity index (χ1v) is 6.65. The Labute approximate surface area is 118 Å². The third-order valence-corrected chi connectivity index (χ3v) is 3.79. The topological polar surface area (TPSA) is 77.3 Å². The van der Waals surface area contributed by atoms with Crippen LogP contribution in [0.25, 0.3) is 21.5 Å². The van der Waals surface area contributed by atoms with E-state index < -0.39 is 0 Å². The minimum atomic E-state index is 0.419. The first-order chi connectivity index (χ1) is 9.72. The fourth-order valence-corrected chi connectivity index (χ4v) is 2.84. The van der Waals surface area contributed by atoms with Crippen molar-refractivity contribution in [1.82, 2.24) is 9.97 Å². The number of nitrogens with one attached hydrogen (secondary N) is 1. The number of furan rings is 1. The number of thiazole rings is 1. The molecule has 0 aromatic carbocycles. The van der Waals surface area contributed by atoms with Crippen molar-refractivity contribution >= 4 is 33.1 Å². The Morgan fingerprint density at radius 1 is 1.45 bits per heavy atom. The van der Waals surface area contributed by atoms with Crippen LogP contribution in [0.2, 0.25) is 0 Å². The molecule has 7 heteroatoms. The van der Waals surface area contributed by atoms with Crippen LogP contribution in [-0.2, 0) is 4.79 Å². The molecule has 0 radical (unpaired) electrons. The summed E-state index contributed by atoms with van der Waals surface area (Å²) in [4.78, 5) is 19.1. The van der Waals surface area contributed by atoms with Crippen molar-refractivity contribution in [2.75, 3.05) is 12.4 Å². The lowest BCUT2D eigenvalue weighted by Gasteiger charge is -2.02. The predicted molar refractivity (Wildman–Crippen MR) is 76.1 cm³/mol. The maximum atomic E-state index is 10.6. The van der Waals surface area contributed by atoms with E-state index in [0.717, 1.165) is 16.0 Å². The number of ether oxygens (including phenoxy) is 1. The van der Waals surface area contributed by atoms with Crippen LogP contribution in [0.3, 0.4) is 0 Å². The predicted octanol–water partition coefficient (Wildman–Crippen LogP) is 2.84. The summed E-state index contributed by atoms with van der Waals surface area (Å²) in [5, 5.41) is 3.04. The summed E-state index contributed by atoms with van der Waals surface area (Å²) in [5.41, 5.74) is 1.43. The van der Waals surface area contributed by atoms with Gasteiger partial charge in [-0.2, -0.15) is 0 Å². The van der Waals surface area contributed by atoms with E-state index >= 15 is 0 Å². The number of amides is 1. The number of methoxy groups -OCH3 is 1. The van der Waals surface area contributed by atoms with Crippen molar-refractivity contribution in [1.29, 1.82) is 0 Å². The number of hydrogen-bond donors (Lipinski definition) is 1.